The Kier molecular flexibility index (Phi) is 4.76. The molecule has 7 heteroatoms. The molecule has 4 nitrogen and oxygen atoms in total. The van der Waals surface area contributed by atoms with Crippen LogP contribution >= 0.6 is 0 Å². The van der Waals surface area contributed by atoms with Crippen molar-refractivity contribution in [1.29, 1.82) is 0 Å². The van der Waals surface area contributed by atoms with Crippen molar-refractivity contribution in [3.05, 3.63) is 106 Å². The monoisotopic (exact) mass is 411 g/mol. The Balaban J connectivity index is 1.99. The molecule has 4 aromatic rings. The normalized spacial score (nSPS) is 11.7. The van der Waals surface area contributed by atoms with Gasteiger partial charge in [-0.1, -0.05) is 30.3 Å². The number of pyridine rings is 1. The lowest BCUT2D eigenvalue weighted by Crippen LogP contribution is -2.20. The molecule has 1 heterocycles. The van der Waals surface area contributed by atoms with Crippen molar-refractivity contribution in [2.45, 2.75) is 16.3 Å². The van der Waals surface area contributed by atoms with Crippen molar-refractivity contribution in [2.75, 3.05) is 0 Å². The van der Waals surface area contributed by atoms with E-state index in [9.17, 15) is 22.0 Å². The molecule has 0 atom stereocenters. The minimum absolute atomic E-state index is 0.0369. The quantitative estimate of drug-likeness (QED) is 0.507. The molecule has 29 heavy (non-hydrogen) atoms. The summed E-state index contributed by atoms with van der Waals surface area (Å²) in [6.45, 7) is 0.109. The van der Waals surface area contributed by atoms with Gasteiger partial charge in [0.25, 0.3) is 0 Å². The Morgan fingerprint density at radius 1 is 0.828 bits per heavy atom. The Morgan fingerprint density at radius 3 is 2.28 bits per heavy atom. The van der Waals surface area contributed by atoms with Gasteiger partial charge >= 0.3 is 0 Å². The van der Waals surface area contributed by atoms with Gasteiger partial charge in [-0.3, -0.25) is 4.79 Å². The summed E-state index contributed by atoms with van der Waals surface area (Å²) in [5, 5.41) is -0.0570. The minimum atomic E-state index is -4.13. The third-order valence-corrected chi connectivity index (χ3v) is 6.36. The maximum Gasteiger partial charge on any atom is 0.211 e. The van der Waals surface area contributed by atoms with Crippen molar-refractivity contribution < 1.29 is 17.2 Å². The molecule has 0 amide bonds. The molecule has 0 radical (unpaired) electrons. The fourth-order valence-electron chi connectivity index (χ4n) is 3.22. The largest absolute Gasteiger partial charge is 0.341 e. The molecular formula is C22H15F2NO3S. The van der Waals surface area contributed by atoms with E-state index < -0.39 is 31.8 Å². The highest BCUT2D eigenvalue weighted by atomic mass is 32.2. The summed E-state index contributed by atoms with van der Waals surface area (Å²) in [5.74, 6) is -1.09. The summed E-state index contributed by atoms with van der Waals surface area (Å²) in [4.78, 5) is 12.4. The Labute approximate surface area is 165 Å². The number of hydrogen-bond donors (Lipinski definition) is 0. The Morgan fingerprint density at radius 2 is 1.55 bits per heavy atom. The van der Waals surface area contributed by atoms with Crippen LogP contribution in [0.5, 0.6) is 0 Å². The number of benzene rings is 3. The van der Waals surface area contributed by atoms with Crippen LogP contribution in [-0.4, -0.2) is 13.0 Å². The number of halogens is 2. The van der Waals surface area contributed by atoms with Gasteiger partial charge in [-0.15, -0.1) is 0 Å². The standard InChI is InChI=1S/C22H15F2NO3S/c23-16-6-4-5-15(11-16)13-25-14-21(29(27,28)18-7-2-1-3-8-18)22(26)19-12-17(24)9-10-20(19)25/h1-12,14H,13H2. The molecule has 0 aliphatic heterocycles. The van der Waals surface area contributed by atoms with Crippen molar-refractivity contribution in [3.8, 4) is 0 Å². The summed E-state index contributed by atoms with van der Waals surface area (Å²) < 4.78 is 55.1. The summed E-state index contributed by atoms with van der Waals surface area (Å²) in [6.07, 6.45) is 1.23. The Bertz CT molecular complexity index is 1380. The second-order valence-electron chi connectivity index (χ2n) is 6.56. The van der Waals surface area contributed by atoms with Crippen molar-refractivity contribution in [2.24, 2.45) is 0 Å². The van der Waals surface area contributed by atoms with E-state index in [1.165, 1.54) is 53.2 Å². The topological polar surface area (TPSA) is 56.1 Å². The third-order valence-electron chi connectivity index (χ3n) is 4.59. The molecule has 0 aliphatic rings. The first-order valence-corrected chi connectivity index (χ1v) is 10.2. The predicted molar refractivity (Wildman–Crippen MR) is 106 cm³/mol. The molecule has 4 rings (SSSR count). The molecule has 0 fully saturated rings. The van der Waals surface area contributed by atoms with Crippen molar-refractivity contribution >= 4 is 20.7 Å². The SMILES string of the molecule is O=c1c(S(=O)(=O)c2ccccc2)cn(Cc2cccc(F)c2)c2ccc(F)cc12. The zero-order valence-electron chi connectivity index (χ0n) is 15.0. The van der Waals surface area contributed by atoms with Gasteiger partial charge < -0.3 is 4.57 Å². The summed E-state index contributed by atoms with van der Waals surface area (Å²) in [6, 6.07) is 17.0. The lowest BCUT2D eigenvalue weighted by atomic mass is 10.1. The molecule has 3 aromatic carbocycles. The summed E-state index contributed by atoms with van der Waals surface area (Å²) in [5.41, 5.74) is 0.147. The zero-order valence-corrected chi connectivity index (χ0v) is 15.9. The van der Waals surface area contributed by atoms with Crippen LogP contribution in [0.3, 0.4) is 0 Å². The molecule has 0 aliphatic carbocycles. The zero-order chi connectivity index (χ0) is 20.6. The van der Waals surface area contributed by atoms with Crippen LogP contribution in [0.15, 0.2) is 93.6 Å². The van der Waals surface area contributed by atoms with Crippen LogP contribution < -0.4 is 5.43 Å². The lowest BCUT2D eigenvalue weighted by Gasteiger charge is -2.14. The lowest BCUT2D eigenvalue weighted by molar-refractivity contribution is 0.593. The van der Waals surface area contributed by atoms with E-state index in [0.29, 0.717) is 11.1 Å². The van der Waals surface area contributed by atoms with Crippen LogP contribution in [0.2, 0.25) is 0 Å². The van der Waals surface area contributed by atoms with Gasteiger partial charge in [0.05, 0.1) is 10.4 Å². The van der Waals surface area contributed by atoms with Gasteiger partial charge in [-0.2, -0.15) is 0 Å². The van der Waals surface area contributed by atoms with Crippen molar-refractivity contribution in [3.63, 3.8) is 0 Å². The molecule has 0 saturated heterocycles. The second kappa shape index (κ2) is 7.25. The second-order valence-corrected chi connectivity index (χ2v) is 8.48. The highest BCUT2D eigenvalue weighted by Crippen LogP contribution is 2.22. The highest BCUT2D eigenvalue weighted by Gasteiger charge is 2.24. The van der Waals surface area contributed by atoms with E-state index in [1.54, 1.807) is 24.3 Å². The molecule has 146 valence electrons. The maximum absolute atomic E-state index is 13.8. The van der Waals surface area contributed by atoms with Gasteiger partial charge in [0.1, 0.15) is 16.5 Å². The number of sulfone groups is 1. The third kappa shape index (κ3) is 3.56. The first-order valence-electron chi connectivity index (χ1n) is 8.73. The molecule has 0 spiro atoms. The highest BCUT2D eigenvalue weighted by molar-refractivity contribution is 7.91. The molecular weight excluding hydrogens is 396 g/mol. The number of fused-ring (bicyclic) bond motifs is 1. The van der Waals surface area contributed by atoms with E-state index in [2.05, 4.69) is 0 Å². The van der Waals surface area contributed by atoms with E-state index in [4.69, 9.17) is 0 Å². The molecule has 0 N–H and O–H groups in total. The number of nitrogens with zero attached hydrogens (tertiary/aromatic N) is 1. The Hall–Kier alpha value is -3.32. The van der Waals surface area contributed by atoms with E-state index in [-0.39, 0.29) is 16.8 Å². The van der Waals surface area contributed by atoms with Crippen LogP contribution in [0.1, 0.15) is 5.56 Å². The van der Waals surface area contributed by atoms with E-state index in [0.717, 1.165) is 6.07 Å². The van der Waals surface area contributed by atoms with Crippen LogP contribution in [-0.2, 0) is 16.4 Å². The van der Waals surface area contributed by atoms with Crippen LogP contribution in [0.4, 0.5) is 8.78 Å². The van der Waals surface area contributed by atoms with E-state index in [1.807, 2.05) is 0 Å². The maximum atomic E-state index is 13.8. The molecule has 0 unspecified atom stereocenters. The first-order chi connectivity index (χ1) is 13.9. The smallest absolute Gasteiger partial charge is 0.211 e. The average Bonchev–Trinajstić information content (AvgIpc) is 2.70. The van der Waals surface area contributed by atoms with Crippen molar-refractivity contribution in [1.82, 2.24) is 4.57 Å². The van der Waals surface area contributed by atoms with Gasteiger partial charge in [0, 0.05) is 18.1 Å². The van der Waals surface area contributed by atoms with Gasteiger partial charge in [-0.25, -0.2) is 17.2 Å². The minimum Gasteiger partial charge on any atom is -0.341 e. The number of aromatic nitrogens is 1. The molecule has 0 bridgehead atoms. The predicted octanol–water partition coefficient (Wildman–Crippen LogP) is 4.16. The van der Waals surface area contributed by atoms with Gasteiger partial charge in [0.2, 0.25) is 15.3 Å². The van der Waals surface area contributed by atoms with Gasteiger partial charge in [-0.05, 0) is 48.0 Å². The van der Waals surface area contributed by atoms with Gasteiger partial charge in [0.15, 0.2) is 0 Å². The van der Waals surface area contributed by atoms with Crippen LogP contribution in [0, 0.1) is 11.6 Å². The molecule has 0 saturated carbocycles. The summed E-state index contributed by atoms with van der Waals surface area (Å²) >= 11 is 0. The molecule has 1 aromatic heterocycles. The van der Waals surface area contributed by atoms with Crippen LogP contribution in [0.25, 0.3) is 10.9 Å². The fraction of sp³-hybridized carbons (Fsp3) is 0.0455. The summed E-state index contributed by atoms with van der Waals surface area (Å²) in [7, 11) is -4.13. The van der Waals surface area contributed by atoms with E-state index >= 15 is 0 Å². The first kappa shape index (κ1) is 19.0. The number of hydrogen-bond acceptors (Lipinski definition) is 3. The fourth-order valence-corrected chi connectivity index (χ4v) is 4.61. The average molecular weight is 411 g/mol. The number of rotatable bonds is 4.